The monoisotopic (exact) mass is 467 g/mol. The summed E-state index contributed by atoms with van der Waals surface area (Å²) in [5, 5.41) is 5.44. The predicted molar refractivity (Wildman–Crippen MR) is 121 cm³/mol. The molecule has 1 atom stereocenters. The molecule has 3 amide bonds. The Morgan fingerprint density at radius 3 is 2.31 bits per heavy atom. The Morgan fingerprint density at radius 1 is 1.12 bits per heavy atom. The van der Waals surface area contributed by atoms with Crippen LogP contribution in [0.15, 0.2) is 24.3 Å². The lowest BCUT2D eigenvalue weighted by Crippen LogP contribution is -2.45. The second-order valence-corrected chi connectivity index (χ2v) is 11.0. The van der Waals surface area contributed by atoms with Crippen molar-refractivity contribution in [1.82, 2.24) is 15.5 Å². The van der Waals surface area contributed by atoms with Gasteiger partial charge in [0.25, 0.3) is 5.91 Å². The van der Waals surface area contributed by atoms with E-state index in [1.165, 1.54) is 4.90 Å². The number of benzene rings is 1. The molecule has 1 aromatic carbocycles. The molecule has 2 N–H and O–H groups in total. The van der Waals surface area contributed by atoms with Crippen LogP contribution in [-0.4, -0.2) is 68.0 Å². The van der Waals surface area contributed by atoms with Crippen molar-refractivity contribution in [3.63, 3.8) is 0 Å². The van der Waals surface area contributed by atoms with Crippen LogP contribution in [0.3, 0.4) is 0 Å². The molecule has 0 spiro atoms. The van der Waals surface area contributed by atoms with Crippen molar-refractivity contribution < 1.29 is 27.5 Å². The summed E-state index contributed by atoms with van der Waals surface area (Å²) >= 11 is 0. The lowest BCUT2D eigenvalue weighted by Gasteiger charge is -2.29. The number of carbonyl (C=O) groups excluding carboxylic acids is 3. The molecule has 1 aromatic rings. The molecule has 1 fully saturated rings. The molecule has 1 saturated heterocycles. The summed E-state index contributed by atoms with van der Waals surface area (Å²) in [5.74, 6) is -0.865. The van der Waals surface area contributed by atoms with Gasteiger partial charge in [-0.15, -0.1) is 0 Å². The molecule has 2 rings (SSSR count). The van der Waals surface area contributed by atoms with E-state index in [9.17, 15) is 22.8 Å². The summed E-state index contributed by atoms with van der Waals surface area (Å²) in [7, 11) is -3.14. The molecular formula is C22H33N3O6S. The standard InChI is InChI=1S/C22H33N3O6S/c1-15(2)12-25(19-9-10-32(29,30)14-19)20(26)13-31-21(27)18-7-5-17(6-8-18)11-23-22(28)24-16(3)4/h5-8,15-16,19H,9-14H2,1-4H3,(H2,23,24,28). The van der Waals surface area contributed by atoms with Gasteiger partial charge in [-0.2, -0.15) is 0 Å². The Morgan fingerprint density at radius 2 is 1.78 bits per heavy atom. The molecule has 9 nitrogen and oxygen atoms in total. The predicted octanol–water partition coefficient (Wildman–Crippen LogP) is 1.72. The highest BCUT2D eigenvalue weighted by molar-refractivity contribution is 7.91. The fraction of sp³-hybridized carbons (Fsp3) is 0.591. The number of hydrogen-bond donors (Lipinski definition) is 2. The maximum Gasteiger partial charge on any atom is 0.338 e. The number of esters is 1. The number of sulfone groups is 1. The summed E-state index contributed by atoms with van der Waals surface area (Å²) in [4.78, 5) is 38.2. The molecule has 10 heteroatoms. The number of hydrogen-bond acceptors (Lipinski definition) is 6. The summed E-state index contributed by atoms with van der Waals surface area (Å²) in [6.07, 6.45) is 0.402. The van der Waals surface area contributed by atoms with Gasteiger partial charge in [0.05, 0.1) is 17.1 Å². The highest BCUT2D eigenvalue weighted by atomic mass is 32.2. The van der Waals surface area contributed by atoms with Crippen molar-refractivity contribution in [2.45, 2.75) is 52.7 Å². The molecule has 0 saturated carbocycles. The van der Waals surface area contributed by atoms with Crippen molar-refractivity contribution >= 4 is 27.7 Å². The lowest BCUT2D eigenvalue weighted by atomic mass is 10.1. The van der Waals surface area contributed by atoms with Gasteiger partial charge in [-0.05, 0) is 43.9 Å². The van der Waals surface area contributed by atoms with Crippen molar-refractivity contribution in [1.29, 1.82) is 0 Å². The van der Waals surface area contributed by atoms with E-state index >= 15 is 0 Å². The first-order chi connectivity index (χ1) is 15.0. The van der Waals surface area contributed by atoms with Gasteiger partial charge in [0.2, 0.25) is 0 Å². The second-order valence-electron chi connectivity index (χ2n) is 8.75. The SMILES string of the molecule is CC(C)CN(C(=O)COC(=O)c1ccc(CNC(=O)NC(C)C)cc1)C1CCS(=O)(=O)C1. The van der Waals surface area contributed by atoms with Gasteiger partial charge in [0.15, 0.2) is 16.4 Å². The first-order valence-electron chi connectivity index (χ1n) is 10.8. The van der Waals surface area contributed by atoms with Gasteiger partial charge in [-0.1, -0.05) is 26.0 Å². The van der Waals surface area contributed by atoms with Gasteiger partial charge >= 0.3 is 12.0 Å². The number of nitrogens with zero attached hydrogens (tertiary/aromatic N) is 1. The maximum atomic E-state index is 12.7. The third kappa shape index (κ3) is 8.14. The van der Waals surface area contributed by atoms with E-state index < -0.39 is 28.3 Å². The third-order valence-electron chi connectivity index (χ3n) is 4.92. The van der Waals surface area contributed by atoms with Crippen LogP contribution in [-0.2, 0) is 25.9 Å². The average Bonchev–Trinajstić information content (AvgIpc) is 3.07. The minimum Gasteiger partial charge on any atom is -0.452 e. The topological polar surface area (TPSA) is 122 Å². The van der Waals surface area contributed by atoms with Crippen LogP contribution in [0.5, 0.6) is 0 Å². The zero-order valence-electron chi connectivity index (χ0n) is 19.1. The van der Waals surface area contributed by atoms with Gasteiger partial charge in [-0.3, -0.25) is 4.79 Å². The Balaban J connectivity index is 1.89. The fourth-order valence-electron chi connectivity index (χ4n) is 3.42. The number of ether oxygens (including phenoxy) is 1. The molecule has 32 heavy (non-hydrogen) atoms. The van der Waals surface area contributed by atoms with Crippen LogP contribution in [0.1, 0.15) is 50.0 Å². The minimum atomic E-state index is -3.14. The van der Waals surface area contributed by atoms with Crippen molar-refractivity contribution in [3.05, 3.63) is 35.4 Å². The fourth-order valence-corrected chi connectivity index (χ4v) is 5.15. The van der Waals surface area contributed by atoms with Crippen molar-refractivity contribution in [2.24, 2.45) is 5.92 Å². The summed E-state index contributed by atoms with van der Waals surface area (Å²) in [6.45, 7) is 7.88. The van der Waals surface area contributed by atoms with Crippen LogP contribution in [0.25, 0.3) is 0 Å². The van der Waals surface area contributed by atoms with Gasteiger partial charge in [0.1, 0.15) is 0 Å². The smallest absolute Gasteiger partial charge is 0.338 e. The molecule has 1 heterocycles. The second kappa shape index (κ2) is 11.3. The van der Waals surface area contributed by atoms with E-state index in [0.29, 0.717) is 19.5 Å². The van der Waals surface area contributed by atoms with Crippen LogP contribution in [0.2, 0.25) is 0 Å². The Bertz CT molecular complexity index is 912. The summed E-state index contributed by atoms with van der Waals surface area (Å²) in [6, 6.07) is 5.91. The minimum absolute atomic E-state index is 0.0318. The quantitative estimate of drug-likeness (QED) is 0.534. The van der Waals surface area contributed by atoms with E-state index in [0.717, 1.165) is 5.56 Å². The molecule has 0 radical (unpaired) electrons. The molecule has 0 bridgehead atoms. The number of carbonyl (C=O) groups is 3. The largest absolute Gasteiger partial charge is 0.452 e. The maximum absolute atomic E-state index is 12.7. The summed E-state index contributed by atoms with van der Waals surface area (Å²) < 4.78 is 28.8. The Kier molecular flexibility index (Phi) is 9.06. The molecule has 1 unspecified atom stereocenters. The molecule has 0 aliphatic carbocycles. The van der Waals surface area contributed by atoms with E-state index in [2.05, 4.69) is 10.6 Å². The Hall–Kier alpha value is -2.62. The average molecular weight is 468 g/mol. The highest BCUT2D eigenvalue weighted by Gasteiger charge is 2.35. The third-order valence-corrected chi connectivity index (χ3v) is 6.67. The van der Waals surface area contributed by atoms with E-state index in [1.807, 2.05) is 27.7 Å². The van der Waals surface area contributed by atoms with Gasteiger partial charge < -0.3 is 20.3 Å². The lowest BCUT2D eigenvalue weighted by molar-refractivity contribution is -0.137. The van der Waals surface area contributed by atoms with E-state index in [4.69, 9.17) is 4.74 Å². The molecule has 178 valence electrons. The van der Waals surface area contributed by atoms with E-state index in [1.54, 1.807) is 24.3 Å². The normalized spacial score (nSPS) is 17.2. The first kappa shape index (κ1) is 25.6. The zero-order chi connectivity index (χ0) is 23.9. The van der Waals surface area contributed by atoms with Crippen molar-refractivity contribution in [3.8, 4) is 0 Å². The molecule has 1 aliphatic rings. The molecule has 1 aliphatic heterocycles. The number of amides is 3. The summed E-state index contributed by atoms with van der Waals surface area (Å²) in [5.41, 5.74) is 1.09. The zero-order valence-corrected chi connectivity index (χ0v) is 19.9. The van der Waals surface area contributed by atoms with Crippen molar-refractivity contribution in [2.75, 3.05) is 24.7 Å². The Labute approximate surface area is 189 Å². The first-order valence-corrected chi connectivity index (χ1v) is 12.6. The van der Waals surface area contributed by atoms with Gasteiger partial charge in [0, 0.05) is 25.2 Å². The van der Waals surface area contributed by atoms with E-state index in [-0.39, 0.29) is 41.1 Å². The highest BCUT2D eigenvalue weighted by Crippen LogP contribution is 2.19. The van der Waals surface area contributed by atoms with Crippen LogP contribution in [0, 0.1) is 5.92 Å². The molecule has 0 aromatic heterocycles. The van der Waals surface area contributed by atoms with Crippen LogP contribution < -0.4 is 10.6 Å². The number of urea groups is 1. The number of nitrogens with one attached hydrogen (secondary N) is 2. The van der Waals surface area contributed by atoms with Crippen LogP contribution >= 0.6 is 0 Å². The van der Waals surface area contributed by atoms with Crippen LogP contribution in [0.4, 0.5) is 4.79 Å². The molecular weight excluding hydrogens is 434 g/mol. The number of rotatable bonds is 9. The van der Waals surface area contributed by atoms with Gasteiger partial charge in [-0.25, -0.2) is 18.0 Å².